The highest BCUT2D eigenvalue weighted by Crippen LogP contribution is 2.32. The Kier molecular flexibility index (Phi) is 12.2. The second-order valence-corrected chi connectivity index (χ2v) is 5.89. The molecule has 0 aromatic rings. The van der Waals surface area contributed by atoms with E-state index < -0.39 is 0 Å². The molecule has 0 aliphatic carbocycles. The van der Waals surface area contributed by atoms with Crippen LogP contribution in [0.5, 0.6) is 0 Å². The van der Waals surface area contributed by atoms with Gasteiger partial charge >= 0.3 is 0 Å². The summed E-state index contributed by atoms with van der Waals surface area (Å²) < 4.78 is 0. The summed E-state index contributed by atoms with van der Waals surface area (Å²) in [7, 11) is 0. The maximum atomic E-state index is 2.46. The van der Waals surface area contributed by atoms with E-state index in [2.05, 4.69) is 58.9 Å². The average Bonchev–Trinajstić information content (AvgIpc) is 2.40. The van der Waals surface area contributed by atoms with Crippen molar-refractivity contribution in [1.82, 2.24) is 0 Å². The van der Waals surface area contributed by atoms with Gasteiger partial charge in [0.2, 0.25) is 0 Å². The summed E-state index contributed by atoms with van der Waals surface area (Å²) in [6.07, 6.45) is 18.9. The molecule has 0 heteroatoms. The van der Waals surface area contributed by atoms with Crippen LogP contribution in [-0.4, -0.2) is 0 Å². The molecule has 0 radical (unpaired) electrons. The smallest absolute Gasteiger partial charge is 0.0145 e. The normalized spacial score (nSPS) is 17.1. The molecular weight excluding hydrogens is 228 g/mol. The highest BCUT2D eigenvalue weighted by molar-refractivity contribution is 4.99. The van der Waals surface area contributed by atoms with Crippen LogP contribution in [0.2, 0.25) is 0 Å². The lowest BCUT2D eigenvalue weighted by Crippen LogP contribution is -2.19. The maximum absolute atomic E-state index is 2.46. The van der Waals surface area contributed by atoms with Crippen LogP contribution in [0.3, 0.4) is 0 Å². The molecule has 0 aromatic heterocycles. The second kappa shape index (κ2) is 12.5. The van der Waals surface area contributed by atoms with Crippen molar-refractivity contribution in [2.45, 2.75) is 79.6 Å². The molecule has 19 heavy (non-hydrogen) atoms. The molecule has 0 spiro atoms. The highest BCUT2D eigenvalue weighted by Gasteiger charge is 2.22. The Hall–Kier alpha value is -0.520. The van der Waals surface area contributed by atoms with E-state index in [9.17, 15) is 0 Å². The van der Waals surface area contributed by atoms with E-state index in [0.717, 1.165) is 11.8 Å². The Bertz CT molecular complexity index is 236. The van der Waals surface area contributed by atoms with Gasteiger partial charge in [0.05, 0.1) is 0 Å². The van der Waals surface area contributed by atoms with Gasteiger partial charge in [-0.25, -0.2) is 0 Å². The van der Waals surface area contributed by atoms with Crippen LogP contribution in [0.1, 0.15) is 79.6 Å². The van der Waals surface area contributed by atoms with E-state index in [1.807, 2.05) is 0 Å². The Morgan fingerprint density at radius 1 is 0.789 bits per heavy atom. The van der Waals surface area contributed by atoms with Gasteiger partial charge in [0, 0.05) is 0 Å². The summed E-state index contributed by atoms with van der Waals surface area (Å²) in [6, 6.07) is 0. The van der Waals surface area contributed by atoms with E-state index >= 15 is 0 Å². The van der Waals surface area contributed by atoms with E-state index in [1.165, 1.54) is 44.9 Å². The van der Waals surface area contributed by atoms with Crippen molar-refractivity contribution in [3.8, 4) is 0 Å². The fourth-order valence-electron chi connectivity index (χ4n) is 3.07. The molecule has 112 valence electrons. The van der Waals surface area contributed by atoms with Gasteiger partial charge < -0.3 is 0 Å². The van der Waals surface area contributed by atoms with Gasteiger partial charge in [0.1, 0.15) is 0 Å². The maximum Gasteiger partial charge on any atom is -0.0145 e. The van der Waals surface area contributed by atoms with Crippen molar-refractivity contribution in [3.05, 3.63) is 24.3 Å². The number of hydrogen-bond donors (Lipinski definition) is 0. The largest absolute Gasteiger partial charge is 0.0914 e. The Morgan fingerprint density at radius 3 is 1.89 bits per heavy atom. The first kappa shape index (κ1) is 18.5. The zero-order valence-electron chi connectivity index (χ0n) is 14.0. The molecule has 0 saturated heterocycles. The van der Waals surface area contributed by atoms with Crippen LogP contribution in [0.4, 0.5) is 0 Å². The van der Waals surface area contributed by atoms with Crippen molar-refractivity contribution in [3.63, 3.8) is 0 Å². The molecule has 0 bridgehead atoms. The molecule has 0 saturated carbocycles. The van der Waals surface area contributed by atoms with Crippen LogP contribution in [0.25, 0.3) is 0 Å². The van der Waals surface area contributed by atoms with Gasteiger partial charge in [-0.05, 0) is 44.4 Å². The molecule has 3 unspecified atom stereocenters. The van der Waals surface area contributed by atoms with Crippen LogP contribution in [-0.2, 0) is 0 Å². The lowest BCUT2D eigenvalue weighted by atomic mass is 9.77. The monoisotopic (exact) mass is 264 g/mol. The number of unbranched alkanes of at least 4 members (excludes halogenated alkanes) is 3. The molecule has 0 fully saturated rings. The van der Waals surface area contributed by atoms with Crippen molar-refractivity contribution in [2.75, 3.05) is 0 Å². The zero-order chi connectivity index (χ0) is 14.5. The van der Waals surface area contributed by atoms with Crippen molar-refractivity contribution < 1.29 is 0 Å². The molecule has 0 N–H and O–H groups in total. The first-order valence-corrected chi connectivity index (χ1v) is 8.46. The molecule has 0 amide bonds. The summed E-state index contributed by atoms with van der Waals surface area (Å²) in [5.41, 5.74) is 0. The molecule has 0 nitrogen and oxygen atoms in total. The van der Waals surface area contributed by atoms with Crippen LogP contribution < -0.4 is 0 Å². The Balaban J connectivity index is 4.68. The second-order valence-electron chi connectivity index (χ2n) is 5.89. The summed E-state index contributed by atoms with van der Waals surface area (Å²) in [5, 5.41) is 0. The Labute approximate surface area is 122 Å². The van der Waals surface area contributed by atoms with Crippen molar-refractivity contribution in [2.24, 2.45) is 17.8 Å². The quantitative estimate of drug-likeness (QED) is 0.285. The molecule has 0 rings (SSSR count). The van der Waals surface area contributed by atoms with Gasteiger partial charge in [0.25, 0.3) is 0 Å². The van der Waals surface area contributed by atoms with Crippen LogP contribution >= 0.6 is 0 Å². The fourth-order valence-corrected chi connectivity index (χ4v) is 3.07. The minimum Gasteiger partial charge on any atom is -0.0914 e. The van der Waals surface area contributed by atoms with Crippen LogP contribution in [0, 0.1) is 17.8 Å². The molecule has 0 aliphatic rings. The standard InChI is InChI=1S/C19H36/c1-6-10-12-16-18(15-11-7-2)19(14-9-4)17(5)13-8-3/h8-9,13-14,17-19H,6-7,10-12,15-16H2,1-5H3. The van der Waals surface area contributed by atoms with Gasteiger partial charge in [-0.3, -0.25) is 0 Å². The number of allylic oxidation sites excluding steroid dienone is 4. The predicted octanol–water partition coefficient (Wildman–Crippen LogP) is 6.78. The minimum atomic E-state index is 0.671. The van der Waals surface area contributed by atoms with Gasteiger partial charge in [-0.15, -0.1) is 0 Å². The summed E-state index contributed by atoms with van der Waals surface area (Å²) >= 11 is 0. The fraction of sp³-hybridized carbons (Fsp3) is 0.789. The third-order valence-electron chi connectivity index (χ3n) is 4.17. The zero-order valence-corrected chi connectivity index (χ0v) is 14.0. The van der Waals surface area contributed by atoms with Crippen LogP contribution in [0.15, 0.2) is 24.3 Å². The average molecular weight is 264 g/mol. The summed E-state index contributed by atoms with van der Waals surface area (Å²) in [5.74, 6) is 2.27. The topological polar surface area (TPSA) is 0 Å². The molecular formula is C19H36. The van der Waals surface area contributed by atoms with E-state index in [0.29, 0.717) is 5.92 Å². The summed E-state index contributed by atoms with van der Waals surface area (Å²) in [4.78, 5) is 0. The van der Waals surface area contributed by atoms with Gasteiger partial charge in [-0.1, -0.05) is 77.2 Å². The molecule has 0 heterocycles. The van der Waals surface area contributed by atoms with E-state index in [-0.39, 0.29) is 0 Å². The predicted molar refractivity (Wildman–Crippen MR) is 89.4 cm³/mol. The first-order valence-electron chi connectivity index (χ1n) is 8.46. The first-order chi connectivity index (χ1) is 9.21. The van der Waals surface area contributed by atoms with E-state index in [1.54, 1.807) is 0 Å². The van der Waals surface area contributed by atoms with Crippen molar-refractivity contribution >= 4 is 0 Å². The molecule has 0 aromatic carbocycles. The van der Waals surface area contributed by atoms with Gasteiger partial charge in [0.15, 0.2) is 0 Å². The third kappa shape index (κ3) is 8.29. The third-order valence-corrected chi connectivity index (χ3v) is 4.17. The van der Waals surface area contributed by atoms with Crippen molar-refractivity contribution in [1.29, 1.82) is 0 Å². The molecule has 3 atom stereocenters. The highest BCUT2D eigenvalue weighted by atomic mass is 14.3. The Morgan fingerprint density at radius 2 is 1.37 bits per heavy atom. The number of rotatable bonds is 11. The summed E-state index contributed by atoms with van der Waals surface area (Å²) in [6.45, 7) is 11.3. The lowest BCUT2D eigenvalue weighted by molar-refractivity contribution is 0.282. The SMILES string of the molecule is CC=CC(C)C(C=CC)C(CCCC)CCCCC. The van der Waals surface area contributed by atoms with E-state index in [4.69, 9.17) is 0 Å². The number of hydrogen-bond acceptors (Lipinski definition) is 0. The van der Waals surface area contributed by atoms with Gasteiger partial charge in [-0.2, -0.15) is 0 Å². The lowest BCUT2D eigenvalue weighted by Gasteiger charge is -2.28. The molecule has 0 aliphatic heterocycles. The minimum absolute atomic E-state index is 0.671.